The van der Waals surface area contributed by atoms with Crippen molar-refractivity contribution in [3.63, 3.8) is 0 Å². The van der Waals surface area contributed by atoms with Gasteiger partial charge in [-0.3, -0.25) is 4.98 Å². The van der Waals surface area contributed by atoms with Crippen LogP contribution in [0.2, 0.25) is 5.02 Å². The number of nitrogens with one attached hydrogen (secondary N) is 2. The number of hydrogen-bond acceptors (Lipinski definition) is 5. The van der Waals surface area contributed by atoms with Crippen LogP contribution < -0.4 is 15.4 Å². The Balaban J connectivity index is 1.55. The van der Waals surface area contributed by atoms with Gasteiger partial charge in [0.25, 0.3) is 0 Å². The fourth-order valence-corrected chi connectivity index (χ4v) is 3.26. The minimum absolute atomic E-state index is 0.0126. The van der Waals surface area contributed by atoms with Gasteiger partial charge in [0.05, 0.1) is 11.6 Å². The Morgan fingerprint density at radius 2 is 2.10 bits per heavy atom. The second-order valence-electron chi connectivity index (χ2n) is 7.20. The van der Waals surface area contributed by atoms with Crippen LogP contribution in [0.3, 0.4) is 0 Å². The Kier molecular flexibility index (Phi) is 6.64. The zero-order valence-corrected chi connectivity index (χ0v) is 17.8. The molecule has 1 atom stereocenters. The molecule has 0 aliphatic heterocycles. The van der Waals surface area contributed by atoms with Crippen molar-refractivity contribution in [3.05, 3.63) is 76.5 Å². The summed E-state index contributed by atoms with van der Waals surface area (Å²) in [5.41, 5.74) is 0.797. The highest BCUT2D eigenvalue weighted by Crippen LogP contribution is 2.29. The second kappa shape index (κ2) is 9.19. The number of halogens is 1. The molecule has 7 nitrogen and oxygen atoms in total. The molecular weight excluding hydrogens is 406 g/mol. The molecule has 0 saturated carbocycles. The first-order chi connectivity index (χ1) is 14.2. The molecule has 1 unspecified atom stereocenters. The Labute approximate surface area is 180 Å². The predicted molar refractivity (Wildman–Crippen MR) is 115 cm³/mol. The summed E-state index contributed by atoms with van der Waals surface area (Å²) in [6.45, 7) is 5.55. The standard InChI is InChI=1S/C22H24ClN3O4/c1-14-9-18(15(2)30-14)22(3,28)13-25-21(27)26-17-6-7-20(19(23)10-17)29-12-16-5-4-8-24-11-16/h4-11,28H,12-13H2,1-3H3,(H2,25,26,27). The minimum atomic E-state index is -1.26. The number of furan rings is 1. The average Bonchev–Trinajstić information content (AvgIpc) is 3.06. The van der Waals surface area contributed by atoms with Crippen molar-refractivity contribution in [2.45, 2.75) is 33.0 Å². The van der Waals surface area contributed by atoms with Gasteiger partial charge in [0.1, 0.15) is 29.5 Å². The number of amides is 2. The van der Waals surface area contributed by atoms with Crippen LogP contribution in [0, 0.1) is 13.8 Å². The largest absolute Gasteiger partial charge is 0.487 e. The van der Waals surface area contributed by atoms with Crippen molar-refractivity contribution >= 4 is 23.3 Å². The van der Waals surface area contributed by atoms with Crippen molar-refractivity contribution in [1.29, 1.82) is 0 Å². The maximum absolute atomic E-state index is 12.2. The third-order valence-corrected chi connectivity index (χ3v) is 4.82. The average molecular weight is 430 g/mol. The number of hydrogen-bond donors (Lipinski definition) is 3. The van der Waals surface area contributed by atoms with E-state index in [0.29, 0.717) is 40.2 Å². The molecule has 0 spiro atoms. The van der Waals surface area contributed by atoms with Gasteiger partial charge in [-0.2, -0.15) is 0 Å². The summed E-state index contributed by atoms with van der Waals surface area (Å²) in [7, 11) is 0. The highest BCUT2D eigenvalue weighted by molar-refractivity contribution is 6.32. The predicted octanol–water partition coefficient (Wildman–Crippen LogP) is 4.55. The molecule has 0 saturated heterocycles. The zero-order valence-electron chi connectivity index (χ0n) is 17.0. The third-order valence-electron chi connectivity index (χ3n) is 4.52. The molecule has 0 radical (unpaired) electrons. The number of pyridine rings is 1. The molecule has 2 aromatic heterocycles. The van der Waals surface area contributed by atoms with Crippen molar-refractivity contribution in [2.75, 3.05) is 11.9 Å². The van der Waals surface area contributed by atoms with E-state index in [2.05, 4.69) is 15.6 Å². The van der Waals surface area contributed by atoms with Gasteiger partial charge in [0.15, 0.2) is 0 Å². The normalized spacial score (nSPS) is 12.8. The lowest BCUT2D eigenvalue weighted by Crippen LogP contribution is -2.40. The fraction of sp³-hybridized carbons (Fsp3) is 0.273. The molecule has 2 heterocycles. The number of anilines is 1. The molecule has 3 rings (SSSR count). The highest BCUT2D eigenvalue weighted by Gasteiger charge is 2.28. The molecule has 0 bridgehead atoms. The molecule has 0 aliphatic carbocycles. The van der Waals surface area contributed by atoms with Crippen molar-refractivity contribution in [1.82, 2.24) is 10.3 Å². The lowest BCUT2D eigenvalue weighted by atomic mass is 9.96. The van der Waals surface area contributed by atoms with Crippen LogP contribution in [-0.4, -0.2) is 22.7 Å². The van der Waals surface area contributed by atoms with Crippen LogP contribution in [0.25, 0.3) is 0 Å². The summed E-state index contributed by atoms with van der Waals surface area (Å²) in [6, 6.07) is 10.0. The fourth-order valence-electron chi connectivity index (χ4n) is 3.03. The van der Waals surface area contributed by atoms with Crippen LogP contribution in [0.15, 0.2) is 53.2 Å². The number of carbonyl (C=O) groups is 1. The molecule has 3 aromatic rings. The van der Waals surface area contributed by atoms with E-state index < -0.39 is 11.6 Å². The summed E-state index contributed by atoms with van der Waals surface area (Å²) in [5, 5.41) is 16.4. The molecule has 30 heavy (non-hydrogen) atoms. The third kappa shape index (κ3) is 5.52. The molecule has 8 heteroatoms. The van der Waals surface area contributed by atoms with E-state index in [1.165, 1.54) is 0 Å². The molecule has 0 aliphatic rings. The van der Waals surface area contributed by atoms with Gasteiger partial charge in [-0.25, -0.2) is 4.79 Å². The van der Waals surface area contributed by atoms with E-state index in [1.807, 2.05) is 12.1 Å². The molecule has 1 aromatic carbocycles. The summed E-state index contributed by atoms with van der Waals surface area (Å²) in [4.78, 5) is 16.3. The first-order valence-corrected chi connectivity index (χ1v) is 9.78. The van der Waals surface area contributed by atoms with Gasteiger partial charge in [0.2, 0.25) is 0 Å². The maximum Gasteiger partial charge on any atom is 0.319 e. The molecule has 0 fully saturated rings. The zero-order chi connectivity index (χ0) is 21.7. The SMILES string of the molecule is Cc1cc(C(C)(O)CNC(=O)Nc2ccc(OCc3cccnc3)c(Cl)c2)c(C)o1. The number of ether oxygens (including phenoxy) is 1. The van der Waals surface area contributed by atoms with E-state index in [1.54, 1.807) is 57.4 Å². The number of rotatable bonds is 7. The van der Waals surface area contributed by atoms with Crippen molar-refractivity contribution in [3.8, 4) is 5.75 Å². The summed E-state index contributed by atoms with van der Waals surface area (Å²) < 4.78 is 11.2. The van der Waals surface area contributed by atoms with Crippen LogP contribution in [0.5, 0.6) is 5.75 Å². The lowest BCUT2D eigenvalue weighted by Gasteiger charge is -2.23. The molecule has 3 N–H and O–H groups in total. The first-order valence-electron chi connectivity index (χ1n) is 9.40. The van der Waals surface area contributed by atoms with E-state index >= 15 is 0 Å². The van der Waals surface area contributed by atoms with Gasteiger partial charge in [-0.1, -0.05) is 17.7 Å². The summed E-state index contributed by atoms with van der Waals surface area (Å²) in [5.74, 6) is 1.82. The second-order valence-corrected chi connectivity index (χ2v) is 7.61. The number of aliphatic hydroxyl groups is 1. The Hall–Kier alpha value is -3.03. The number of aromatic nitrogens is 1. The minimum Gasteiger partial charge on any atom is -0.487 e. The number of benzene rings is 1. The van der Waals surface area contributed by atoms with Crippen LogP contribution in [0.4, 0.5) is 10.5 Å². The van der Waals surface area contributed by atoms with Crippen molar-refractivity contribution < 1.29 is 19.1 Å². The number of nitrogens with zero attached hydrogens (tertiary/aromatic N) is 1. The van der Waals surface area contributed by atoms with Crippen LogP contribution in [0.1, 0.15) is 29.6 Å². The van der Waals surface area contributed by atoms with Gasteiger partial charge in [-0.15, -0.1) is 0 Å². The van der Waals surface area contributed by atoms with Crippen LogP contribution in [-0.2, 0) is 12.2 Å². The number of aryl methyl sites for hydroxylation is 2. The Morgan fingerprint density at radius 1 is 1.30 bits per heavy atom. The molecule has 2 amide bonds. The first kappa shape index (κ1) is 21.7. The van der Waals surface area contributed by atoms with Gasteiger partial charge < -0.3 is 24.9 Å². The van der Waals surface area contributed by atoms with E-state index in [0.717, 1.165) is 5.56 Å². The van der Waals surface area contributed by atoms with Gasteiger partial charge in [-0.05, 0) is 51.1 Å². The number of carbonyl (C=O) groups excluding carboxylic acids is 1. The topological polar surface area (TPSA) is 96.6 Å². The summed E-state index contributed by atoms with van der Waals surface area (Å²) in [6.07, 6.45) is 3.41. The molecule has 158 valence electrons. The van der Waals surface area contributed by atoms with Crippen LogP contribution >= 0.6 is 11.6 Å². The lowest BCUT2D eigenvalue weighted by molar-refractivity contribution is 0.0584. The monoisotopic (exact) mass is 429 g/mol. The maximum atomic E-state index is 12.2. The molecular formula is C22H24ClN3O4. The Morgan fingerprint density at radius 3 is 2.73 bits per heavy atom. The van der Waals surface area contributed by atoms with Crippen molar-refractivity contribution in [2.24, 2.45) is 0 Å². The van der Waals surface area contributed by atoms with Gasteiger partial charge >= 0.3 is 6.03 Å². The van der Waals surface area contributed by atoms with E-state index in [9.17, 15) is 9.90 Å². The Bertz CT molecular complexity index is 1020. The number of urea groups is 1. The van der Waals surface area contributed by atoms with E-state index in [4.69, 9.17) is 20.8 Å². The quantitative estimate of drug-likeness (QED) is 0.511. The highest BCUT2D eigenvalue weighted by atomic mass is 35.5. The smallest absolute Gasteiger partial charge is 0.319 e. The van der Waals surface area contributed by atoms with Gasteiger partial charge in [0, 0.05) is 29.2 Å². The summed E-state index contributed by atoms with van der Waals surface area (Å²) >= 11 is 6.27. The van der Waals surface area contributed by atoms with E-state index in [-0.39, 0.29) is 6.54 Å².